The standard InChI is InChI=1S/C21H25N5OS/c1-5-15(3)26-19(11-12-22-26)25-20(27)16(4)28-21-23-14(2)13-18(24-21)17-9-7-6-8-10-17/h6-13,15-16H,5H2,1-4H3,(H,25,27)/t15-,16-/m0/s1. The number of aryl methyl sites for hydroxylation is 1. The van der Waals surface area contributed by atoms with Crippen molar-refractivity contribution in [2.75, 3.05) is 5.32 Å². The predicted octanol–water partition coefficient (Wildman–Crippen LogP) is 4.74. The van der Waals surface area contributed by atoms with Gasteiger partial charge in [-0.2, -0.15) is 5.10 Å². The number of amides is 1. The first-order valence-corrected chi connectivity index (χ1v) is 10.3. The van der Waals surface area contributed by atoms with Gasteiger partial charge in [-0.3, -0.25) is 4.79 Å². The molecule has 3 rings (SSSR count). The molecule has 1 amide bonds. The number of carbonyl (C=O) groups is 1. The van der Waals surface area contributed by atoms with Crippen LogP contribution in [0.4, 0.5) is 5.82 Å². The van der Waals surface area contributed by atoms with Gasteiger partial charge >= 0.3 is 0 Å². The number of hydrogen-bond acceptors (Lipinski definition) is 5. The summed E-state index contributed by atoms with van der Waals surface area (Å²) in [6.45, 7) is 7.97. The molecule has 7 heteroatoms. The molecule has 2 atom stereocenters. The van der Waals surface area contributed by atoms with Gasteiger partial charge in [0.05, 0.1) is 23.2 Å². The third-order valence-corrected chi connectivity index (χ3v) is 5.45. The molecule has 0 aliphatic heterocycles. The van der Waals surface area contributed by atoms with Gasteiger partial charge in [-0.05, 0) is 33.3 Å². The summed E-state index contributed by atoms with van der Waals surface area (Å²) in [6.07, 6.45) is 2.64. The summed E-state index contributed by atoms with van der Waals surface area (Å²) < 4.78 is 1.84. The number of aromatic nitrogens is 4. The van der Waals surface area contributed by atoms with Crippen molar-refractivity contribution in [3.8, 4) is 11.3 Å². The topological polar surface area (TPSA) is 72.7 Å². The van der Waals surface area contributed by atoms with E-state index in [2.05, 4.69) is 34.2 Å². The Kier molecular flexibility index (Phi) is 6.46. The van der Waals surface area contributed by atoms with Crippen LogP contribution in [0.5, 0.6) is 0 Å². The number of benzene rings is 1. The highest BCUT2D eigenvalue weighted by Gasteiger charge is 2.19. The summed E-state index contributed by atoms with van der Waals surface area (Å²) in [5.74, 6) is 0.614. The van der Waals surface area contributed by atoms with E-state index < -0.39 is 0 Å². The Morgan fingerprint density at radius 3 is 2.64 bits per heavy atom. The highest BCUT2D eigenvalue weighted by atomic mass is 32.2. The van der Waals surface area contributed by atoms with Crippen LogP contribution >= 0.6 is 11.8 Å². The van der Waals surface area contributed by atoms with Crippen LogP contribution in [0.3, 0.4) is 0 Å². The minimum atomic E-state index is -0.342. The van der Waals surface area contributed by atoms with Crippen LogP contribution in [0.2, 0.25) is 0 Å². The fraction of sp³-hybridized carbons (Fsp3) is 0.333. The SMILES string of the molecule is CC[C@H](C)n1nccc1NC(=O)[C@H](C)Sc1nc(C)cc(-c2ccccc2)n1. The molecule has 6 nitrogen and oxygen atoms in total. The molecule has 2 aromatic heterocycles. The van der Waals surface area contributed by atoms with Crippen LogP contribution in [0.25, 0.3) is 11.3 Å². The molecule has 1 N–H and O–H groups in total. The highest BCUT2D eigenvalue weighted by Crippen LogP contribution is 2.25. The Morgan fingerprint density at radius 1 is 1.18 bits per heavy atom. The summed E-state index contributed by atoms with van der Waals surface area (Å²) in [7, 11) is 0. The number of nitrogens with one attached hydrogen (secondary N) is 1. The average Bonchev–Trinajstić information content (AvgIpc) is 3.15. The maximum Gasteiger partial charge on any atom is 0.238 e. The van der Waals surface area contributed by atoms with E-state index in [9.17, 15) is 4.79 Å². The first kappa shape index (κ1) is 20.1. The third-order valence-electron chi connectivity index (χ3n) is 4.48. The number of nitrogens with zero attached hydrogens (tertiary/aromatic N) is 4. The van der Waals surface area contributed by atoms with E-state index in [1.165, 1.54) is 11.8 Å². The molecule has 146 valence electrons. The van der Waals surface area contributed by atoms with Crippen molar-refractivity contribution in [3.63, 3.8) is 0 Å². The maximum absolute atomic E-state index is 12.7. The normalized spacial score (nSPS) is 13.1. The fourth-order valence-electron chi connectivity index (χ4n) is 2.73. The monoisotopic (exact) mass is 395 g/mol. The van der Waals surface area contributed by atoms with Crippen molar-refractivity contribution >= 4 is 23.5 Å². The van der Waals surface area contributed by atoms with Gasteiger partial charge in [0.2, 0.25) is 5.91 Å². The van der Waals surface area contributed by atoms with Crippen LogP contribution in [0, 0.1) is 6.92 Å². The molecule has 0 saturated heterocycles. The van der Waals surface area contributed by atoms with E-state index >= 15 is 0 Å². The van der Waals surface area contributed by atoms with Gasteiger partial charge in [0.25, 0.3) is 0 Å². The molecule has 1 aromatic carbocycles. The Morgan fingerprint density at radius 2 is 1.93 bits per heavy atom. The van der Waals surface area contributed by atoms with Gasteiger partial charge in [0.15, 0.2) is 5.16 Å². The van der Waals surface area contributed by atoms with Gasteiger partial charge in [0, 0.05) is 17.3 Å². The van der Waals surface area contributed by atoms with Gasteiger partial charge in [-0.25, -0.2) is 14.6 Å². The van der Waals surface area contributed by atoms with E-state index in [0.717, 1.165) is 23.4 Å². The molecule has 0 aliphatic rings. The lowest BCUT2D eigenvalue weighted by Crippen LogP contribution is -2.25. The zero-order valence-electron chi connectivity index (χ0n) is 16.6. The first-order chi connectivity index (χ1) is 13.5. The molecule has 0 radical (unpaired) electrons. The Balaban J connectivity index is 1.72. The van der Waals surface area contributed by atoms with E-state index in [1.807, 2.05) is 61.0 Å². The Bertz CT molecular complexity index is 941. The minimum absolute atomic E-state index is 0.0959. The van der Waals surface area contributed by atoms with E-state index in [1.54, 1.807) is 6.20 Å². The highest BCUT2D eigenvalue weighted by molar-refractivity contribution is 8.00. The zero-order valence-corrected chi connectivity index (χ0v) is 17.4. The number of anilines is 1. The van der Waals surface area contributed by atoms with Crippen LogP contribution < -0.4 is 5.32 Å². The molecular formula is C21H25N5OS. The molecular weight excluding hydrogens is 370 g/mol. The average molecular weight is 396 g/mol. The Labute approximate surface area is 169 Å². The lowest BCUT2D eigenvalue weighted by atomic mass is 10.1. The molecule has 0 unspecified atom stereocenters. The number of carbonyl (C=O) groups excluding carboxylic acids is 1. The van der Waals surface area contributed by atoms with Crippen molar-refractivity contribution in [2.24, 2.45) is 0 Å². The van der Waals surface area contributed by atoms with E-state index in [-0.39, 0.29) is 17.2 Å². The molecule has 0 spiro atoms. The molecule has 2 heterocycles. The predicted molar refractivity (Wildman–Crippen MR) is 113 cm³/mol. The largest absolute Gasteiger partial charge is 0.310 e. The van der Waals surface area contributed by atoms with Crippen molar-refractivity contribution in [3.05, 3.63) is 54.4 Å². The number of hydrogen-bond donors (Lipinski definition) is 1. The quantitative estimate of drug-likeness (QED) is 0.462. The second-order valence-corrected chi connectivity index (χ2v) is 8.02. The summed E-state index contributed by atoms with van der Waals surface area (Å²) in [6, 6.07) is 14.0. The summed E-state index contributed by atoms with van der Waals surface area (Å²) in [4.78, 5) is 21.8. The van der Waals surface area contributed by atoms with Crippen LogP contribution in [-0.4, -0.2) is 30.9 Å². The molecule has 3 aromatic rings. The van der Waals surface area contributed by atoms with Crippen LogP contribution in [0.1, 0.15) is 38.9 Å². The van der Waals surface area contributed by atoms with Crippen molar-refractivity contribution < 1.29 is 4.79 Å². The molecule has 28 heavy (non-hydrogen) atoms. The fourth-order valence-corrected chi connectivity index (χ4v) is 3.56. The summed E-state index contributed by atoms with van der Waals surface area (Å²) in [5.41, 5.74) is 2.77. The number of thioether (sulfide) groups is 1. The van der Waals surface area contributed by atoms with Gasteiger partial charge in [0.1, 0.15) is 5.82 Å². The van der Waals surface area contributed by atoms with Crippen LogP contribution in [0.15, 0.2) is 53.8 Å². The lowest BCUT2D eigenvalue weighted by Gasteiger charge is -2.16. The first-order valence-electron chi connectivity index (χ1n) is 9.40. The van der Waals surface area contributed by atoms with Crippen molar-refractivity contribution in [1.82, 2.24) is 19.7 Å². The van der Waals surface area contributed by atoms with Gasteiger partial charge in [-0.15, -0.1) is 0 Å². The lowest BCUT2D eigenvalue weighted by molar-refractivity contribution is -0.115. The summed E-state index contributed by atoms with van der Waals surface area (Å²) in [5, 5.41) is 7.53. The third kappa shape index (κ3) is 4.78. The van der Waals surface area contributed by atoms with Gasteiger partial charge < -0.3 is 5.32 Å². The van der Waals surface area contributed by atoms with E-state index in [0.29, 0.717) is 11.0 Å². The molecule has 0 saturated carbocycles. The van der Waals surface area contributed by atoms with Crippen molar-refractivity contribution in [1.29, 1.82) is 0 Å². The molecule has 0 aliphatic carbocycles. The van der Waals surface area contributed by atoms with Gasteiger partial charge in [-0.1, -0.05) is 49.0 Å². The molecule has 0 bridgehead atoms. The Hall–Kier alpha value is -2.67. The molecule has 0 fully saturated rings. The smallest absolute Gasteiger partial charge is 0.238 e. The van der Waals surface area contributed by atoms with E-state index in [4.69, 9.17) is 0 Å². The zero-order chi connectivity index (χ0) is 20.1. The van der Waals surface area contributed by atoms with Crippen molar-refractivity contribution in [2.45, 2.75) is 50.6 Å². The number of rotatable bonds is 7. The minimum Gasteiger partial charge on any atom is -0.310 e. The summed E-state index contributed by atoms with van der Waals surface area (Å²) >= 11 is 1.35. The second-order valence-electron chi connectivity index (χ2n) is 6.71. The maximum atomic E-state index is 12.7. The second kappa shape index (κ2) is 9.01. The van der Waals surface area contributed by atoms with Crippen LogP contribution in [-0.2, 0) is 4.79 Å².